The molecule has 0 spiro atoms. The third kappa shape index (κ3) is 3.24. The predicted octanol–water partition coefficient (Wildman–Crippen LogP) is 5.91. The van der Waals surface area contributed by atoms with E-state index in [1.54, 1.807) is 7.11 Å². The number of ether oxygens (including phenoxy) is 1. The number of anilines is 1. The first kappa shape index (κ1) is 19.6. The van der Waals surface area contributed by atoms with Gasteiger partial charge in [-0.3, -0.25) is 14.8 Å². The quantitative estimate of drug-likeness (QED) is 0.400. The average molecular weight is 474 g/mol. The highest BCUT2D eigenvalue weighted by molar-refractivity contribution is 9.10. The van der Waals surface area contributed by atoms with Crippen LogP contribution >= 0.6 is 15.9 Å². The number of nitrogens with zero attached hydrogens (tertiary/aromatic N) is 2. The standard InChI is InChI=1S/C25H20BrN3O2/c1-15-7-13-18(14-8-15)29-24(19-5-3-4-6-20(19)31-2)21-22(27-28-23(21)25(29)30)16-9-11-17(26)12-10-16/h3-14,24H,1-2H3,(H,27,28)/t24-/m0/s1. The molecule has 0 saturated carbocycles. The van der Waals surface area contributed by atoms with Crippen LogP contribution in [0.4, 0.5) is 5.69 Å². The molecule has 0 aliphatic carbocycles. The SMILES string of the molecule is COc1ccccc1[C@H]1c2c(-c3ccc(Br)cc3)n[nH]c2C(=O)N1c1ccc(C)cc1. The molecule has 31 heavy (non-hydrogen) atoms. The number of aromatic amines is 1. The number of carbonyl (C=O) groups excluding carboxylic acids is 1. The van der Waals surface area contributed by atoms with E-state index in [0.29, 0.717) is 5.69 Å². The van der Waals surface area contributed by atoms with E-state index in [1.165, 1.54) is 0 Å². The summed E-state index contributed by atoms with van der Waals surface area (Å²) in [5.41, 5.74) is 5.96. The summed E-state index contributed by atoms with van der Waals surface area (Å²) in [5, 5.41) is 7.54. The van der Waals surface area contributed by atoms with Crippen LogP contribution < -0.4 is 9.64 Å². The molecule has 3 aromatic carbocycles. The fourth-order valence-corrected chi connectivity index (χ4v) is 4.40. The molecule has 0 radical (unpaired) electrons. The summed E-state index contributed by atoms with van der Waals surface area (Å²) >= 11 is 3.49. The van der Waals surface area contributed by atoms with Crippen molar-refractivity contribution < 1.29 is 9.53 Å². The third-order valence-corrected chi connectivity index (χ3v) is 6.16. The van der Waals surface area contributed by atoms with Crippen molar-refractivity contribution in [1.29, 1.82) is 0 Å². The number of fused-ring (bicyclic) bond motifs is 1. The van der Waals surface area contributed by atoms with Gasteiger partial charge in [0.1, 0.15) is 11.4 Å². The summed E-state index contributed by atoms with van der Waals surface area (Å²) in [7, 11) is 1.65. The highest BCUT2D eigenvalue weighted by Gasteiger charge is 2.44. The number of nitrogens with one attached hydrogen (secondary N) is 1. The zero-order chi connectivity index (χ0) is 21.5. The fourth-order valence-electron chi connectivity index (χ4n) is 4.13. The zero-order valence-electron chi connectivity index (χ0n) is 17.1. The summed E-state index contributed by atoms with van der Waals surface area (Å²) in [4.78, 5) is 15.4. The number of carbonyl (C=O) groups is 1. The molecular weight excluding hydrogens is 454 g/mol. The normalized spacial score (nSPS) is 15.3. The minimum absolute atomic E-state index is 0.106. The van der Waals surface area contributed by atoms with Crippen molar-refractivity contribution in [3.8, 4) is 17.0 Å². The average Bonchev–Trinajstić information content (AvgIpc) is 3.34. The number of aromatic nitrogens is 2. The summed E-state index contributed by atoms with van der Waals surface area (Å²) in [6, 6.07) is 23.4. The first-order chi connectivity index (χ1) is 15.1. The number of benzene rings is 3. The molecule has 4 aromatic rings. The van der Waals surface area contributed by atoms with Gasteiger partial charge in [-0.05, 0) is 37.3 Å². The Bertz CT molecular complexity index is 1260. The van der Waals surface area contributed by atoms with E-state index in [0.717, 1.165) is 43.9 Å². The van der Waals surface area contributed by atoms with Crippen molar-refractivity contribution in [2.45, 2.75) is 13.0 Å². The Kier molecular flexibility index (Phi) is 4.87. The van der Waals surface area contributed by atoms with Crippen LogP contribution in [-0.2, 0) is 0 Å². The molecule has 5 rings (SSSR count). The van der Waals surface area contributed by atoms with E-state index < -0.39 is 0 Å². The Morgan fingerprint density at radius 3 is 2.42 bits per heavy atom. The van der Waals surface area contributed by atoms with E-state index >= 15 is 0 Å². The Morgan fingerprint density at radius 2 is 1.71 bits per heavy atom. The molecular formula is C25H20BrN3O2. The molecule has 1 N–H and O–H groups in total. The third-order valence-electron chi connectivity index (χ3n) is 5.63. The molecule has 0 fully saturated rings. The number of hydrogen-bond donors (Lipinski definition) is 1. The van der Waals surface area contributed by atoms with Gasteiger partial charge in [0.05, 0.1) is 18.8 Å². The molecule has 1 aromatic heterocycles. The monoisotopic (exact) mass is 473 g/mol. The number of aryl methyl sites for hydroxylation is 1. The number of para-hydroxylation sites is 1. The van der Waals surface area contributed by atoms with E-state index in [2.05, 4.69) is 26.1 Å². The van der Waals surface area contributed by atoms with Crippen LogP contribution in [0.1, 0.15) is 33.2 Å². The molecule has 1 amide bonds. The second kappa shape index (κ2) is 7.71. The second-order valence-electron chi connectivity index (χ2n) is 7.52. The zero-order valence-corrected chi connectivity index (χ0v) is 18.7. The lowest BCUT2D eigenvalue weighted by atomic mass is 9.95. The van der Waals surface area contributed by atoms with Gasteiger partial charge in [0, 0.05) is 26.9 Å². The van der Waals surface area contributed by atoms with Gasteiger partial charge in [-0.2, -0.15) is 5.10 Å². The van der Waals surface area contributed by atoms with Crippen LogP contribution in [0, 0.1) is 6.92 Å². The minimum atomic E-state index is -0.362. The molecule has 1 aliphatic heterocycles. The highest BCUT2D eigenvalue weighted by atomic mass is 79.9. The van der Waals surface area contributed by atoms with Crippen LogP contribution in [0.5, 0.6) is 5.75 Å². The van der Waals surface area contributed by atoms with Gasteiger partial charge < -0.3 is 4.74 Å². The van der Waals surface area contributed by atoms with Gasteiger partial charge in [-0.25, -0.2) is 0 Å². The predicted molar refractivity (Wildman–Crippen MR) is 125 cm³/mol. The first-order valence-corrected chi connectivity index (χ1v) is 10.7. The van der Waals surface area contributed by atoms with Crippen LogP contribution in [-0.4, -0.2) is 23.2 Å². The Morgan fingerprint density at radius 1 is 1.00 bits per heavy atom. The maximum absolute atomic E-state index is 13.6. The van der Waals surface area contributed by atoms with Crippen LogP contribution in [0.2, 0.25) is 0 Å². The molecule has 1 atom stereocenters. The second-order valence-corrected chi connectivity index (χ2v) is 8.44. The van der Waals surface area contributed by atoms with E-state index in [1.807, 2.05) is 84.6 Å². The summed E-state index contributed by atoms with van der Waals surface area (Å²) < 4.78 is 6.66. The van der Waals surface area contributed by atoms with E-state index in [-0.39, 0.29) is 11.9 Å². The maximum atomic E-state index is 13.6. The van der Waals surface area contributed by atoms with Gasteiger partial charge in [-0.1, -0.05) is 64.0 Å². The van der Waals surface area contributed by atoms with Crippen molar-refractivity contribution in [3.63, 3.8) is 0 Å². The molecule has 0 saturated heterocycles. The fraction of sp³-hybridized carbons (Fsp3) is 0.120. The number of H-pyrrole nitrogens is 1. The van der Waals surface area contributed by atoms with E-state index in [4.69, 9.17) is 4.74 Å². The largest absolute Gasteiger partial charge is 0.496 e. The Labute approximate surface area is 188 Å². The lowest BCUT2D eigenvalue weighted by Gasteiger charge is -2.27. The number of halogens is 1. The highest BCUT2D eigenvalue weighted by Crippen LogP contribution is 2.47. The smallest absolute Gasteiger partial charge is 0.277 e. The van der Waals surface area contributed by atoms with Crippen molar-refractivity contribution in [2.75, 3.05) is 12.0 Å². The lowest BCUT2D eigenvalue weighted by molar-refractivity contribution is 0.0988. The van der Waals surface area contributed by atoms with Crippen LogP contribution in [0.25, 0.3) is 11.3 Å². The van der Waals surface area contributed by atoms with Crippen molar-refractivity contribution in [2.24, 2.45) is 0 Å². The number of methoxy groups -OCH3 is 1. The molecule has 6 heteroatoms. The van der Waals surface area contributed by atoms with Gasteiger partial charge in [0.2, 0.25) is 0 Å². The van der Waals surface area contributed by atoms with Crippen molar-refractivity contribution in [1.82, 2.24) is 10.2 Å². The molecule has 0 unspecified atom stereocenters. The number of rotatable bonds is 4. The first-order valence-electron chi connectivity index (χ1n) is 9.96. The lowest BCUT2D eigenvalue weighted by Crippen LogP contribution is -2.29. The minimum Gasteiger partial charge on any atom is -0.496 e. The number of amides is 1. The Balaban J connectivity index is 1.75. The summed E-state index contributed by atoms with van der Waals surface area (Å²) in [5.74, 6) is 0.624. The molecule has 154 valence electrons. The van der Waals surface area contributed by atoms with Gasteiger partial charge in [0.15, 0.2) is 0 Å². The van der Waals surface area contributed by atoms with Gasteiger partial charge in [0.25, 0.3) is 5.91 Å². The van der Waals surface area contributed by atoms with Crippen molar-refractivity contribution in [3.05, 3.63) is 99.7 Å². The number of hydrogen-bond acceptors (Lipinski definition) is 3. The molecule has 2 heterocycles. The Hall–Kier alpha value is -3.38. The summed E-state index contributed by atoms with van der Waals surface area (Å²) in [6.07, 6.45) is 0. The molecule has 5 nitrogen and oxygen atoms in total. The topological polar surface area (TPSA) is 58.2 Å². The molecule has 1 aliphatic rings. The van der Waals surface area contributed by atoms with Gasteiger partial charge >= 0.3 is 0 Å². The van der Waals surface area contributed by atoms with Crippen molar-refractivity contribution >= 4 is 27.5 Å². The van der Waals surface area contributed by atoms with E-state index in [9.17, 15) is 4.79 Å². The summed E-state index contributed by atoms with van der Waals surface area (Å²) in [6.45, 7) is 2.03. The molecule has 0 bridgehead atoms. The van der Waals surface area contributed by atoms with Crippen LogP contribution in [0.15, 0.2) is 77.3 Å². The maximum Gasteiger partial charge on any atom is 0.277 e. The van der Waals surface area contributed by atoms with Crippen LogP contribution in [0.3, 0.4) is 0 Å². The van der Waals surface area contributed by atoms with Gasteiger partial charge in [-0.15, -0.1) is 0 Å².